The highest BCUT2D eigenvalue weighted by atomic mass is 79.9. The number of halogens is 2. The molecule has 0 unspecified atom stereocenters. The first kappa shape index (κ1) is 13.4. The zero-order chi connectivity index (χ0) is 14.1. The number of hydrogen-bond donors (Lipinski definition) is 0. The van der Waals surface area contributed by atoms with E-state index in [2.05, 4.69) is 15.9 Å². The Morgan fingerprint density at radius 3 is 2.50 bits per heavy atom. The van der Waals surface area contributed by atoms with E-state index in [-0.39, 0.29) is 5.43 Å². The van der Waals surface area contributed by atoms with Crippen molar-refractivity contribution in [2.24, 2.45) is 0 Å². The maximum atomic E-state index is 12.2. The fourth-order valence-corrected chi connectivity index (χ4v) is 2.52. The first-order chi connectivity index (χ1) is 9.67. The summed E-state index contributed by atoms with van der Waals surface area (Å²) in [6, 6.07) is 14.3. The molecule has 20 heavy (non-hydrogen) atoms. The molecule has 1 heterocycles. The molecule has 2 aromatic carbocycles. The Morgan fingerprint density at radius 1 is 1.05 bits per heavy atom. The summed E-state index contributed by atoms with van der Waals surface area (Å²) in [4.78, 5) is 12.2. The summed E-state index contributed by atoms with van der Waals surface area (Å²) in [6.45, 7) is 0. The lowest BCUT2D eigenvalue weighted by Gasteiger charge is -2.04. The van der Waals surface area contributed by atoms with E-state index < -0.39 is 0 Å². The van der Waals surface area contributed by atoms with Crippen molar-refractivity contribution in [2.75, 3.05) is 0 Å². The molecule has 0 spiro atoms. The van der Waals surface area contributed by atoms with Crippen molar-refractivity contribution in [3.05, 3.63) is 69.3 Å². The average Bonchev–Trinajstić information content (AvgIpc) is 2.47. The van der Waals surface area contributed by atoms with Crippen LogP contribution in [0.4, 0.5) is 0 Å². The van der Waals surface area contributed by atoms with Gasteiger partial charge in [-0.25, -0.2) is 0 Å². The third kappa shape index (κ3) is 2.51. The van der Waals surface area contributed by atoms with Crippen molar-refractivity contribution >= 4 is 38.5 Å². The van der Waals surface area contributed by atoms with E-state index in [1.807, 2.05) is 30.3 Å². The van der Waals surface area contributed by atoms with Gasteiger partial charge in [-0.3, -0.25) is 4.79 Å². The first-order valence-electron chi connectivity index (χ1n) is 6.06. The van der Waals surface area contributed by atoms with Crippen LogP contribution in [0.15, 0.2) is 57.7 Å². The van der Waals surface area contributed by atoms with Gasteiger partial charge in [0, 0.05) is 22.0 Å². The molecular weight excluding hydrogens is 340 g/mol. The molecule has 1 aromatic heterocycles. The number of rotatable bonds is 2. The zero-order valence-electron chi connectivity index (χ0n) is 10.4. The summed E-state index contributed by atoms with van der Waals surface area (Å²) in [5.74, 6) is 0.547. The van der Waals surface area contributed by atoms with E-state index in [9.17, 15) is 4.79 Å². The predicted molar refractivity (Wildman–Crippen MR) is 85.6 cm³/mol. The van der Waals surface area contributed by atoms with Crippen LogP contribution >= 0.6 is 27.5 Å². The highest BCUT2D eigenvalue weighted by Crippen LogP contribution is 2.24. The molecule has 2 nitrogen and oxygen atoms in total. The van der Waals surface area contributed by atoms with Gasteiger partial charge in [-0.15, -0.1) is 0 Å². The lowest BCUT2D eigenvalue weighted by Crippen LogP contribution is -2.00. The van der Waals surface area contributed by atoms with E-state index in [0.29, 0.717) is 27.1 Å². The topological polar surface area (TPSA) is 30.2 Å². The zero-order valence-corrected chi connectivity index (χ0v) is 12.7. The predicted octanol–water partition coefficient (Wildman–Crippen LogP) is 5.01. The summed E-state index contributed by atoms with van der Waals surface area (Å²) in [6.07, 6.45) is 0. The third-order valence-corrected chi connectivity index (χ3v) is 3.97. The molecule has 0 fully saturated rings. The molecule has 0 radical (unpaired) electrons. The molecule has 0 N–H and O–H groups in total. The highest BCUT2D eigenvalue weighted by Gasteiger charge is 2.07. The third-order valence-electron chi connectivity index (χ3n) is 3.07. The van der Waals surface area contributed by atoms with E-state index in [1.165, 1.54) is 6.07 Å². The fraction of sp³-hybridized carbons (Fsp3) is 0.0625. The van der Waals surface area contributed by atoms with E-state index >= 15 is 0 Å². The molecule has 0 bridgehead atoms. The molecule has 0 saturated carbocycles. The molecule has 0 aliphatic rings. The largest absolute Gasteiger partial charge is 0.456 e. The standard InChI is InChI=1S/C16H10BrClO2/c17-9-10-1-6-15-13(7-10)14(19)8-16(20-15)11-2-4-12(18)5-3-11/h1-8H,9H2. The van der Waals surface area contributed by atoms with Crippen LogP contribution in [0.3, 0.4) is 0 Å². The second-order valence-electron chi connectivity index (χ2n) is 4.45. The van der Waals surface area contributed by atoms with Gasteiger partial charge in [0.1, 0.15) is 11.3 Å². The number of alkyl halides is 1. The molecule has 0 aliphatic heterocycles. The molecule has 0 saturated heterocycles. The second kappa shape index (κ2) is 5.43. The van der Waals surface area contributed by atoms with Crippen LogP contribution in [-0.4, -0.2) is 0 Å². The van der Waals surface area contributed by atoms with Gasteiger partial charge in [-0.2, -0.15) is 0 Å². The normalized spacial score (nSPS) is 10.9. The fourth-order valence-electron chi connectivity index (χ4n) is 2.04. The summed E-state index contributed by atoms with van der Waals surface area (Å²) < 4.78 is 5.81. The lowest BCUT2D eigenvalue weighted by atomic mass is 10.1. The van der Waals surface area contributed by atoms with Crippen molar-refractivity contribution in [1.29, 1.82) is 0 Å². The molecule has 3 rings (SSSR count). The SMILES string of the molecule is O=c1cc(-c2ccc(Cl)cc2)oc2ccc(CBr)cc12. The molecular formula is C16H10BrClO2. The number of fused-ring (bicyclic) bond motifs is 1. The summed E-state index contributed by atoms with van der Waals surface area (Å²) in [5, 5.41) is 1.96. The van der Waals surface area contributed by atoms with E-state index in [0.717, 1.165) is 11.1 Å². The highest BCUT2D eigenvalue weighted by molar-refractivity contribution is 9.08. The quantitative estimate of drug-likeness (QED) is 0.609. The summed E-state index contributed by atoms with van der Waals surface area (Å²) in [7, 11) is 0. The first-order valence-corrected chi connectivity index (χ1v) is 7.56. The minimum Gasteiger partial charge on any atom is -0.456 e. The molecule has 0 atom stereocenters. The van der Waals surface area contributed by atoms with Crippen LogP contribution in [0.5, 0.6) is 0 Å². The van der Waals surface area contributed by atoms with Gasteiger partial charge in [0.05, 0.1) is 5.39 Å². The Balaban J connectivity index is 2.19. The minimum absolute atomic E-state index is 0.0426. The van der Waals surface area contributed by atoms with Crippen LogP contribution in [-0.2, 0) is 5.33 Å². The Hall–Kier alpha value is -1.58. The average molecular weight is 350 g/mol. The smallest absolute Gasteiger partial charge is 0.193 e. The summed E-state index contributed by atoms with van der Waals surface area (Å²) >= 11 is 9.24. The molecule has 3 aromatic rings. The molecule has 0 amide bonds. The summed E-state index contributed by atoms with van der Waals surface area (Å²) in [5.41, 5.74) is 2.42. The second-order valence-corrected chi connectivity index (χ2v) is 5.44. The minimum atomic E-state index is -0.0426. The number of benzene rings is 2. The van der Waals surface area contributed by atoms with Crippen LogP contribution in [0.25, 0.3) is 22.3 Å². The van der Waals surface area contributed by atoms with Gasteiger partial charge < -0.3 is 4.42 Å². The maximum Gasteiger partial charge on any atom is 0.193 e. The van der Waals surface area contributed by atoms with E-state index in [1.54, 1.807) is 12.1 Å². The monoisotopic (exact) mass is 348 g/mol. The Labute approximate surface area is 129 Å². The number of hydrogen-bond acceptors (Lipinski definition) is 2. The van der Waals surface area contributed by atoms with Crippen LogP contribution in [0.1, 0.15) is 5.56 Å². The van der Waals surface area contributed by atoms with Gasteiger partial charge in [-0.1, -0.05) is 33.6 Å². The molecule has 100 valence electrons. The van der Waals surface area contributed by atoms with Crippen molar-refractivity contribution in [3.63, 3.8) is 0 Å². The van der Waals surface area contributed by atoms with Crippen molar-refractivity contribution in [3.8, 4) is 11.3 Å². The van der Waals surface area contributed by atoms with Crippen molar-refractivity contribution in [1.82, 2.24) is 0 Å². The van der Waals surface area contributed by atoms with Crippen LogP contribution in [0, 0.1) is 0 Å². The van der Waals surface area contributed by atoms with Crippen LogP contribution < -0.4 is 5.43 Å². The van der Waals surface area contributed by atoms with Gasteiger partial charge in [0.25, 0.3) is 0 Å². The van der Waals surface area contributed by atoms with Crippen molar-refractivity contribution < 1.29 is 4.42 Å². The van der Waals surface area contributed by atoms with Crippen LogP contribution in [0.2, 0.25) is 5.02 Å². The lowest BCUT2D eigenvalue weighted by molar-refractivity contribution is 0.619. The Morgan fingerprint density at radius 2 is 1.80 bits per heavy atom. The van der Waals surface area contributed by atoms with Gasteiger partial charge in [0.2, 0.25) is 0 Å². The van der Waals surface area contributed by atoms with Gasteiger partial charge in [0.15, 0.2) is 5.43 Å². The molecule has 0 aliphatic carbocycles. The van der Waals surface area contributed by atoms with Gasteiger partial charge >= 0.3 is 0 Å². The van der Waals surface area contributed by atoms with Crippen molar-refractivity contribution in [2.45, 2.75) is 5.33 Å². The van der Waals surface area contributed by atoms with Gasteiger partial charge in [-0.05, 0) is 42.0 Å². The Kier molecular flexibility index (Phi) is 3.64. The maximum absolute atomic E-state index is 12.2. The molecule has 4 heteroatoms. The Bertz CT molecular complexity index is 822. The van der Waals surface area contributed by atoms with E-state index in [4.69, 9.17) is 16.0 Å².